The topological polar surface area (TPSA) is 26.0 Å². The smallest absolute Gasteiger partial charge is 0.0738 e. The summed E-state index contributed by atoms with van der Waals surface area (Å²) in [5.41, 5.74) is 5.28. The molecule has 0 rings (SSSR count). The Balaban J connectivity index is 3.11. The molecule has 0 aromatic heterocycles. The highest BCUT2D eigenvalue weighted by atomic mass is 14.5. The van der Waals surface area contributed by atoms with Crippen molar-refractivity contribution < 1.29 is 0 Å². The van der Waals surface area contributed by atoms with Crippen molar-refractivity contribution in [1.29, 1.82) is 0 Å². The third-order valence-corrected chi connectivity index (χ3v) is 1.03. The van der Waals surface area contributed by atoms with Crippen LogP contribution in [0.25, 0.3) is 0 Å². The van der Waals surface area contributed by atoms with Gasteiger partial charge in [0.05, 0.1) is 7.85 Å². The molecule has 2 heteroatoms. The zero-order chi connectivity index (χ0) is 6.62. The van der Waals surface area contributed by atoms with Crippen LogP contribution in [0.4, 0.5) is 0 Å². The maximum absolute atomic E-state index is 5.67. The molecule has 0 aromatic rings. The van der Waals surface area contributed by atoms with Crippen molar-refractivity contribution in [3.8, 4) is 0 Å². The predicted octanol–water partition coefficient (Wildman–Crippen LogP) is 1.09. The first-order valence-electron chi connectivity index (χ1n) is 3.05. The van der Waals surface area contributed by atoms with Crippen molar-refractivity contribution in [2.45, 2.75) is 32.0 Å². The second-order valence-electron chi connectivity index (χ2n) is 2.88. The van der Waals surface area contributed by atoms with Crippen LogP contribution in [0.1, 0.15) is 26.7 Å². The number of rotatable bonds is 3. The first-order chi connectivity index (χ1) is 3.56. The molecule has 0 fully saturated rings. The molecule has 2 radical (unpaired) electrons. The van der Waals surface area contributed by atoms with E-state index >= 15 is 0 Å². The van der Waals surface area contributed by atoms with Crippen LogP contribution in [0.15, 0.2) is 0 Å². The summed E-state index contributed by atoms with van der Waals surface area (Å²) in [6, 6.07) is 0. The lowest BCUT2D eigenvalue weighted by atomic mass is 9.69. The summed E-state index contributed by atoms with van der Waals surface area (Å²) in [4.78, 5) is 0. The number of hydrogen-bond acceptors (Lipinski definition) is 1. The summed E-state index contributed by atoms with van der Waals surface area (Å²) < 4.78 is 0. The lowest BCUT2D eigenvalue weighted by Gasteiger charge is -2.16. The van der Waals surface area contributed by atoms with Crippen LogP contribution in [0, 0.1) is 0 Å². The zero-order valence-electron chi connectivity index (χ0n) is 5.78. The minimum absolute atomic E-state index is 0.0284. The Morgan fingerprint density at radius 3 is 2.12 bits per heavy atom. The molecule has 8 heavy (non-hydrogen) atoms. The van der Waals surface area contributed by atoms with E-state index in [0.29, 0.717) is 0 Å². The molecule has 46 valence electrons. The Morgan fingerprint density at radius 2 is 2.00 bits per heavy atom. The third-order valence-electron chi connectivity index (χ3n) is 1.03. The average Bonchev–Trinajstić information content (AvgIpc) is 1.59. The molecule has 0 aliphatic heterocycles. The highest BCUT2D eigenvalue weighted by Gasteiger charge is 2.06. The molecule has 0 atom stereocenters. The van der Waals surface area contributed by atoms with Crippen molar-refractivity contribution in [3.63, 3.8) is 0 Å². The van der Waals surface area contributed by atoms with E-state index in [1.807, 2.05) is 13.8 Å². The van der Waals surface area contributed by atoms with Crippen molar-refractivity contribution in [2.24, 2.45) is 5.73 Å². The Kier molecular flexibility index (Phi) is 3.14. The molecule has 0 unspecified atom stereocenters. The van der Waals surface area contributed by atoms with Crippen molar-refractivity contribution in [1.82, 2.24) is 0 Å². The first-order valence-corrected chi connectivity index (χ1v) is 3.05. The van der Waals surface area contributed by atoms with Crippen molar-refractivity contribution in [3.05, 3.63) is 0 Å². The number of hydrogen-bond donors (Lipinski definition) is 1. The van der Waals surface area contributed by atoms with E-state index in [0.717, 1.165) is 19.4 Å². The normalized spacial score (nSPS) is 11.9. The Bertz CT molecular complexity index is 56.0. The number of nitrogens with two attached hydrogens (primary N) is 1. The monoisotopic (exact) mass is 111 g/mol. The van der Waals surface area contributed by atoms with Crippen LogP contribution in [0.2, 0.25) is 5.31 Å². The van der Waals surface area contributed by atoms with Gasteiger partial charge in [0.25, 0.3) is 0 Å². The van der Waals surface area contributed by atoms with Crippen LogP contribution < -0.4 is 5.73 Å². The Labute approximate surface area is 53.1 Å². The molecule has 0 bridgehead atoms. The van der Waals surface area contributed by atoms with Gasteiger partial charge in [0, 0.05) is 0 Å². The fraction of sp³-hybridized carbons (Fsp3) is 1.00. The van der Waals surface area contributed by atoms with E-state index in [1.54, 1.807) is 0 Å². The molecule has 0 heterocycles. The molecule has 0 aliphatic carbocycles. The lowest BCUT2D eigenvalue weighted by Crippen LogP contribution is -2.06. The third kappa shape index (κ3) is 6.02. The van der Waals surface area contributed by atoms with Gasteiger partial charge in [-0.1, -0.05) is 25.6 Å². The standard InChI is InChI=1S/C6H14BN/c1-6(2,7)4-3-5-8/h3-5,8H2,1-2H3. The quantitative estimate of drug-likeness (QED) is 0.542. The van der Waals surface area contributed by atoms with E-state index in [9.17, 15) is 0 Å². The largest absolute Gasteiger partial charge is 0.330 e. The molecule has 0 amide bonds. The maximum atomic E-state index is 5.67. The van der Waals surface area contributed by atoms with E-state index in [1.165, 1.54) is 0 Å². The van der Waals surface area contributed by atoms with Crippen molar-refractivity contribution >= 4 is 7.85 Å². The Morgan fingerprint density at radius 1 is 1.50 bits per heavy atom. The minimum atomic E-state index is -0.0284. The van der Waals surface area contributed by atoms with Gasteiger partial charge in [-0.15, -0.1) is 0 Å². The molecule has 0 spiro atoms. The fourth-order valence-electron chi connectivity index (χ4n) is 0.558. The molecule has 0 aliphatic rings. The summed E-state index contributed by atoms with van der Waals surface area (Å²) in [5, 5.41) is -0.0284. The molecule has 0 aromatic carbocycles. The van der Waals surface area contributed by atoms with Crippen molar-refractivity contribution in [2.75, 3.05) is 6.54 Å². The van der Waals surface area contributed by atoms with Crippen LogP contribution in [-0.2, 0) is 0 Å². The maximum Gasteiger partial charge on any atom is 0.0738 e. The van der Waals surface area contributed by atoms with E-state index in [4.69, 9.17) is 13.6 Å². The van der Waals surface area contributed by atoms with E-state index in [2.05, 4.69) is 0 Å². The summed E-state index contributed by atoms with van der Waals surface area (Å²) in [6.45, 7) is 4.78. The lowest BCUT2D eigenvalue weighted by molar-refractivity contribution is 0.584. The van der Waals surface area contributed by atoms with Gasteiger partial charge < -0.3 is 5.73 Å². The molecule has 1 nitrogen and oxygen atoms in total. The second kappa shape index (κ2) is 3.13. The summed E-state index contributed by atoms with van der Waals surface area (Å²) >= 11 is 0. The Hall–Kier alpha value is 0.0249. The highest BCUT2D eigenvalue weighted by molar-refractivity contribution is 6.14. The van der Waals surface area contributed by atoms with E-state index < -0.39 is 0 Å². The molecular formula is C6H14BN. The van der Waals surface area contributed by atoms with Gasteiger partial charge in [0.2, 0.25) is 0 Å². The first kappa shape index (κ1) is 8.02. The van der Waals surface area contributed by atoms with Crippen LogP contribution in [-0.4, -0.2) is 14.4 Å². The minimum Gasteiger partial charge on any atom is -0.330 e. The predicted molar refractivity (Wildman–Crippen MR) is 38.1 cm³/mol. The molecular weight excluding hydrogens is 96.9 g/mol. The van der Waals surface area contributed by atoms with Gasteiger partial charge in [-0.25, -0.2) is 0 Å². The average molecular weight is 111 g/mol. The van der Waals surface area contributed by atoms with Gasteiger partial charge in [-0.3, -0.25) is 0 Å². The molecule has 0 saturated heterocycles. The summed E-state index contributed by atoms with van der Waals surface area (Å²) in [5.74, 6) is 0. The SMILES string of the molecule is [B]C(C)(C)CCCN. The molecule has 2 N–H and O–H groups in total. The second-order valence-corrected chi connectivity index (χ2v) is 2.88. The van der Waals surface area contributed by atoms with Crippen LogP contribution in [0.3, 0.4) is 0 Å². The van der Waals surface area contributed by atoms with E-state index in [-0.39, 0.29) is 5.31 Å². The van der Waals surface area contributed by atoms with Gasteiger partial charge in [0.1, 0.15) is 0 Å². The fourth-order valence-corrected chi connectivity index (χ4v) is 0.558. The zero-order valence-corrected chi connectivity index (χ0v) is 5.78. The van der Waals surface area contributed by atoms with Crippen LogP contribution in [0.5, 0.6) is 0 Å². The molecule has 0 saturated carbocycles. The van der Waals surface area contributed by atoms with Gasteiger partial charge in [-0.05, 0) is 13.0 Å². The van der Waals surface area contributed by atoms with Crippen LogP contribution >= 0.6 is 0 Å². The summed E-state index contributed by atoms with van der Waals surface area (Å²) in [6.07, 6.45) is 2.05. The summed E-state index contributed by atoms with van der Waals surface area (Å²) in [7, 11) is 5.67. The van der Waals surface area contributed by atoms with Gasteiger partial charge >= 0.3 is 0 Å². The highest BCUT2D eigenvalue weighted by Crippen LogP contribution is 2.24. The van der Waals surface area contributed by atoms with Gasteiger partial charge in [-0.2, -0.15) is 0 Å². The van der Waals surface area contributed by atoms with Gasteiger partial charge in [0.15, 0.2) is 0 Å².